The van der Waals surface area contributed by atoms with Gasteiger partial charge in [0.15, 0.2) is 5.96 Å². The quantitative estimate of drug-likeness (QED) is 0.401. The second-order valence-electron chi connectivity index (χ2n) is 6.57. The first-order valence-corrected chi connectivity index (χ1v) is 9.36. The Morgan fingerprint density at radius 2 is 2.04 bits per heavy atom. The van der Waals surface area contributed by atoms with Crippen LogP contribution in [0.4, 0.5) is 0 Å². The number of nitrogens with zero attached hydrogens (tertiary/aromatic N) is 2. The van der Waals surface area contributed by atoms with Gasteiger partial charge < -0.3 is 20.1 Å². The Hall–Kier alpha value is -1.30. The van der Waals surface area contributed by atoms with Gasteiger partial charge in [-0.3, -0.25) is 9.79 Å². The van der Waals surface area contributed by atoms with Gasteiger partial charge in [-0.2, -0.15) is 0 Å². The minimum atomic E-state index is -0.156. The van der Waals surface area contributed by atoms with Crippen LogP contribution in [0.1, 0.15) is 53.4 Å². The summed E-state index contributed by atoms with van der Waals surface area (Å²) in [5.41, 5.74) is -0.156. The summed E-state index contributed by atoms with van der Waals surface area (Å²) in [5.74, 6) is 0.651. The third-order valence-electron chi connectivity index (χ3n) is 5.08. The van der Waals surface area contributed by atoms with Gasteiger partial charge in [-0.25, -0.2) is 0 Å². The largest absolute Gasteiger partial charge is 0.466 e. The number of aliphatic hydroxyl groups excluding tert-OH is 1. The first kappa shape index (κ1) is 20.7. The molecule has 0 radical (unpaired) electrons. The van der Waals surface area contributed by atoms with E-state index in [9.17, 15) is 9.90 Å². The maximum absolute atomic E-state index is 12.0. The molecule has 1 heterocycles. The molecule has 1 atom stereocenters. The van der Waals surface area contributed by atoms with Gasteiger partial charge in [-0.1, -0.05) is 13.8 Å². The Labute approximate surface area is 146 Å². The van der Waals surface area contributed by atoms with Crippen LogP contribution < -0.4 is 5.32 Å². The monoisotopic (exact) mass is 341 g/mol. The van der Waals surface area contributed by atoms with Gasteiger partial charge in [0, 0.05) is 25.0 Å². The molecule has 0 aromatic carbocycles. The predicted molar refractivity (Wildman–Crippen MR) is 97.0 cm³/mol. The highest BCUT2D eigenvalue weighted by atomic mass is 16.5. The van der Waals surface area contributed by atoms with E-state index in [1.54, 1.807) is 0 Å². The topological polar surface area (TPSA) is 74.2 Å². The van der Waals surface area contributed by atoms with Gasteiger partial charge in [-0.15, -0.1) is 0 Å². The molecule has 6 heteroatoms. The Morgan fingerprint density at radius 1 is 1.33 bits per heavy atom. The van der Waals surface area contributed by atoms with Crippen molar-refractivity contribution in [3.8, 4) is 0 Å². The molecule has 0 saturated carbocycles. The molecule has 0 spiro atoms. The number of nitrogens with one attached hydrogen (secondary N) is 1. The summed E-state index contributed by atoms with van der Waals surface area (Å²) in [6.45, 7) is 11.6. The molecule has 24 heavy (non-hydrogen) atoms. The number of guanidine groups is 1. The Morgan fingerprint density at radius 3 is 2.58 bits per heavy atom. The molecule has 2 N–H and O–H groups in total. The van der Waals surface area contributed by atoms with Gasteiger partial charge >= 0.3 is 5.97 Å². The molecule has 1 rings (SSSR count). The molecule has 0 bridgehead atoms. The summed E-state index contributed by atoms with van der Waals surface area (Å²) in [6.07, 6.45) is 3.63. The van der Waals surface area contributed by atoms with E-state index in [4.69, 9.17) is 9.73 Å². The fourth-order valence-electron chi connectivity index (χ4n) is 3.04. The number of rotatable bonds is 8. The number of aliphatic hydroxyl groups is 1. The van der Waals surface area contributed by atoms with Crippen LogP contribution in [0.25, 0.3) is 0 Å². The number of aliphatic imine (C=N–C) groups is 1. The smallest absolute Gasteiger partial charge is 0.310 e. The van der Waals surface area contributed by atoms with Crippen molar-refractivity contribution >= 4 is 11.9 Å². The second-order valence-corrected chi connectivity index (χ2v) is 6.57. The van der Waals surface area contributed by atoms with E-state index in [-0.39, 0.29) is 23.9 Å². The zero-order chi connectivity index (χ0) is 18.0. The molecule has 0 aromatic rings. The van der Waals surface area contributed by atoms with Crippen LogP contribution in [-0.2, 0) is 9.53 Å². The molecule has 0 unspecified atom stereocenters. The summed E-state index contributed by atoms with van der Waals surface area (Å²) >= 11 is 0. The first-order valence-electron chi connectivity index (χ1n) is 9.36. The van der Waals surface area contributed by atoms with Crippen LogP contribution in [0.15, 0.2) is 4.99 Å². The number of piperidine rings is 1. The number of carbonyl (C=O) groups is 1. The lowest BCUT2D eigenvalue weighted by atomic mass is 9.83. The third kappa shape index (κ3) is 5.65. The minimum absolute atomic E-state index is 0.0810. The number of ether oxygens (including phenoxy) is 1. The summed E-state index contributed by atoms with van der Waals surface area (Å²) in [7, 11) is 0. The molecule has 1 fully saturated rings. The fraction of sp³-hybridized carbons (Fsp3) is 0.889. The van der Waals surface area contributed by atoms with Crippen LogP contribution in [0.2, 0.25) is 0 Å². The molecule has 140 valence electrons. The Balaban J connectivity index is 2.82. The number of esters is 1. The SMILES string of the molecule is CCNC(=NCC(CC)(CC)CO)N1CCC[C@@H](C(=O)OCC)C1. The van der Waals surface area contributed by atoms with Crippen LogP contribution in [-0.4, -0.2) is 61.3 Å². The van der Waals surface area contributed by atoms with E-state index < -0.39 is 0 Å². The predicted octanol–water partition coefficient (Wildman–Crippen LogP) is 2.03. The van der Waals surface area contributed by atoms with E-state index in [2.05, 4.69) is 24.1 Å². The van der Waals surface area contributed by atoms with Crippen molar-refractivity contribution in [2.75, 3.05) is 39.4 Å². The average Bonchev–Trinajstić information content (AvgIpc) is 2.62. The number of carbonyl (C=O) groups excluding carboxylic acids is 1. The number of hydrogen-bond donors (Lipinski definition) is 2. The maximum Gasteiger partial charge on any atom is 0.310 e. The second kappa shape index (κ2) is 10.5. The lowest BCUT2D eigenvalue weighted by Crippen LogP contribution is -2.48. The molecule has 1 saturated heterocycles. The van der Waals surface area contributed by atoms with Gasteiger partial charge in [0.25, 0.3) is 0 Å². The summed E-state index contributed by atoms with van der Waals surface area (Å²) < 4.78 is 5.18. The van der Waals surface area contributed by atoms with Crippen molar-refractivity contribution in [3.63, 3.8) is 0 Å². The summed E-state index contributed by atoms with van der Waals surface area (Å²) in [5, 5.41) is 13.1. The third-order valence-corrected chi connectivity index (χ3v) is 5.08. The lowest BCUT2D eigenvalue weighted by molar-refractivity contribution is -0.149. The molecule has 6 nitrogen and oxygen atoms in total. The van der Waals surface area contributed by atoms with E-state index in [1.165, 1.54) is 0 Å². The van der Waals surface area contributed by atoms with E-state index in [0.717, 1.165) is 44.7 Å². The maximum atomic E-state index is 12.0. The number of likely N-dealkylation sites (tertiary alicyclic amines) is 1. The molecule has 1 aliphatic heterocycles. The highest BCUT2D eigenvalue weighted by Crippen LogP contribution is 2.26. The first-order chi connectivity index (χ1) is 11.6. The van der Waals surface area contributed by atoms with Crippen molar-refractivity contribution in [2.45, 2.75) is 53.4 Å². The average molecular weight is 341 g/mol. The standard InChI is InChI=1S/C18H35N3O3/c1-5-18(6-2,14-22)13-20-17(19-7-3)21-11-9-10-15(12-21)16(23)24-8-4/h15,22H,5-14H2,1-4H3,(H,19,20)/t15-/m1/s1. The van der Waals surface area contributed by atoms with E-state index in [1.807, 2.05) is 13.8 Å². The Bertz CT molecular complexity index is 400. The summed E-state index contributed by atoms with van der Waals surface area (Å²) in [4.78, 5) is 19.0. The highest BCUT2D eigenvalue weighted by molar-refractivity contribution is 5.81. The van der Waals surface area contributed by atoms with Crippen LogP contribution in [0.3, 0.4) is 0 Å². The molecular formula is C18H35N3O3. The van der Waals surface area contributed by atoms with Gasteiger partial charge in [0.1, 0.15) is 0 Å². The van der Waals surface area contributed by atoms with Crippen molar-refractivity contribution in [2.24, 2.45) is 16.3 Å². The molecular weight excluding hydrogens is 306 g/mol. The molecule has 0 aromatic heterocycles. The van der Waals surface area contributed by atoms with Crippen LogP contribution in [0, 0.1) is 11.3 Å². The van der Waals surface area contributed by atoms with Crippen LogP contribution in [0.5, 0.6) is 0 Å². The van der Waals surface area contributed by atoms with Crippen LogP contribution >= 0.6 is 0 Å². The van der Waals surface area contributed by atoms with Crippen molar-refractivity contribution in [3.05, 3.63) is 0 Å². The van der Waals surface area contributed by atoms with E-state index in [0.29, 0.717) is 19.7 Å². The summed E-state index contributed by atoms with van der Waals surface area (Å²) in [6, 6.07) is 0. The van der Waals surface area contributed by atoms with Crippen molar-refractivity contribution in [1.29, 1.82) is 0 Å². The minimum Gasteiger partial charge on any atom is -0.466 e. The lowest BCUT2D eigenvalue weighted by Gasteiger charge is -2.35. The Kier molecular flexibility index (Phi) is 9.11. The van der Waals surface area contributed by atoms with E-state index >= 15 is 0 Å². The normalized spacial score (nSPS) is 19.3. The molecule has 0 aliphatic carbocycles. The number of hydrogen-bond acceptors (Lipinski definition) is 4. The highest BCUT2D eigenvalue weighted by Gasteiger charge is 2.30. The zero-order valence-corrected chi connectivity index (χ0v) is 15.8. The van der Waals surface area contributed by atoms with Gasteiger partial charge in [0.05, 0.1) is 25.7 Å². The molecule has 1 aliphatic rings. The van der Waals surface area contributed by atoms with Crippen molar-refractivity contribution in [1.82, 2.24) is 10.2 Å². The van der Waals surface area contributed by atoms with Gasteiger partial charge in [0.2, 0.25) is 0 Å². The zero-order valence-electron chi connectivity index (χ0n) is 15.8. The van der Waals surface area contributed by atoms with Gasteiger partial charge in [-0.05, 0) is 39.5 Å². The molecule has 0 amide bonds. The fourth-order valence-corrected chi connectivity index (χ4v) is 3.04. The van der Waals surface area contributed by atoms with Crippen molar-refractivity contribution < 1.29 is 14.6 Å².